The molecule has 2 fully saturated rings. The fourth-order valence-electron chi connectivity index (χ4n) is 4.92. The molecule has 0 aliphatic carbocycles. The standard InChI is InChI=1S/C26H28N4O4/c1-18-7-8-22-21(24(18)30-16-12-23(31)27-25(30)32)11-15-29(22)20-9-13-28(14-10-20)26(33)34-17-19-5-3-2-4-6-19/h2-8,11,15,20H,9-10,12-14,16-17H2,1H3,(H,27,31,32). The molecule has 5 rings (SSSR count). The molecule has 2 aromatic carbocycles. The molecule has 8 nitrogen and oxygen atoms in total. The Labute approximate surface area is 198 Å². The number of fused-ring (bicyclic) bond motifs is 1. The Balaban J connectivity index is 1.28. The predicted molar refractivity (Wildman–Crippen MR) is 129 cm³/mol. The fourth-order valence-corrected chi connectivity index (χ4v) is 4.92. The molecular formula is C26H28N4O4. The largest absolute Gasteiger partial charge is 0.445 e. The Kier molecular flexibility index (Phi) is 5.96. The zero-order valence-electron chi connectivity index (χ0n) is 19.2. The van der Waals surface area contributed by atoms with Gasteiger partial charge in [0.25, 0.3) is 0 Å². The number of amides is 4. The second-order valence-electron chi connectivity index (χ2n) is 8.90. The van der Waals surface area contributed by atoms with Gasteiger partial charge in [0.05, 0.1) is 11.2 Å². The summed E-state index contributed by atoms with van der Waals surface area (Å²) in [6.07, 6.45) is 3.73. The van der Waals surface area contributed by atoms with Gasteiger partial charge in [-0.15, -0.1) is 0 Å². The number of piperidine rings is 1. The SMILES string of the molecule is Cc1ccc2c(ccn2C2CCN(C(=O)OCc3ccccc3)CC2)c1N1CCC(=O)NC1=O. The van der Waals surface area contributed by atoms with Crippen LogP contribution in [0, 0.1) is 6.92 Å². The number of benzene rings is 2. The Morgan fingerprint density at radius 1 is 1.03 bits per heavy atom. The van der Waals surface area contributed by atoms with E-state index in [-0.39, 0.29) is 30.7 Å². The maximum atomic E-state index is 12.5. The molecular weight excluding hydrogens is 432 g/mol. The molecule has 2 saturated heterocycles. The Hall–Kier alpha value is -3.81. The number of hydrogen-bond donors (Lipinski definition) is 1. The minimum atomic E-state index is -0.373. The van der Waals surface area contributed by atoms with E-state index < -0.39 is 0 Å². The van der Waals surface area contributed by atoms with Crippen molar-refractivity contribution in [1.82, 2.24) is 14.8 Å². The molecule has 8 heteroatoms. The highest BCUT2D eigenvalue weighted by Gasteiger charge is 2.29. The maximum Gasteiger partial charge on any atom is 0.410 e. The molecule has 0 radical (unpaired) electrons. The number of carbonyl (C=O) groups is 3. The summed E-state index contributed by atoms with van der Waals surface area (Å²) in [5, 5.41) is 3.41. The van der Waals surface area contributed by atoms with Crippen molar-refractivity contribution in [2.45, 2.75) is 38.8 Å². The molecule has 1 N–H and O–H groups in total. The van der Waals surface area contributed by atoms with E-state index >= 15 is 0 Å². The zero-order valence-corrected chi connectivity index (χ0v) is 19.2. The van der Waals surface area contributed by atoms with Gasteiger partial charge in [0, 0.05) is 43.7 Å². The highest BCUT2D eigenvalue weighted by Crippen LogP contribution is 2.35. The van der Waals surface area contributed by atoms with Gasteiger partial charge in [-0.2, -0.15) is 0 Å². The number of nitrogens with zero attached hydrogens (tertiary/aromatic N) is 3. The number of anilines is 1. The summed E-state index contributed by atoms with van der Waals surface area (Å²) >= 11 is 0. The molecule has 2 aliphatic heterocycles. The van der Waals surface area contributed by atoms with Crippen molar-refractivity contribution in [3.05, 3.63) is 65.9 Å². The lowest BCUT2D eigenvalue weighted by atomic mass is 10.0. The van der Waals surface area contributed by atoms with Crippen molar-refractivity contribution < 1.29 is 19.1 Å². The Morgan fingerprint density at radius 3 is 2.53 bits per heavy atom. The van der Waals surface area contributed by atoms with Gasteiger partial charge in [-0.25, -0.2) is 9.59 Å². The van der Waals surface area contributed by atoms with Crippen molar-refractivity contribution in [2.24, 2.45) is 0 Å². The Morgan fingerprint density at radius 2 is 1.79 bits per heavy atom. The summed E-state index contributed by atoms with van der Waals surface area (Å²) in [6.45, 7) is 3.90. The quantitative estimate of drug-likeness (QED) is 0.627. The first-order chi connectivity index (χ1) is 16.5. The van der Waals surface area contributed by atoms with E-state index in [4.69, 9.17) is 4.74 Å². The molecule has 2 aliphatic rings. The van der Waals surface area contributed by atoms with Crippen LogP contribution in [0.5, 0.6) is 0 Å². The lowest BCUT2D eigenvalue weighted by molar-refractivity contribution is -0.120. The van der Waals surface area contributed by atoms with Gasteiger partial charge >= 0.3 is 12.1 Å². The first-order valence-corrected chi connectivity index (χ1v) is 11.7. The third-order valence-corrected chi connectivity index (χ3v) is 6.72. The number of urea groups is 1. The van der Waals surface area contributed by atoms with Gasteiger partial charge in [0.1, 0.15) is 6.61 Å². The molecule has 0 bridgehead atoms. The van der Waals surface area contributed by atoms with Crippen molar-refractivity contribution in [2.75, 3.05) is 24.5 Å². The third-order valence-electron chi connectivity index (χ3n) is 6.72. The first-order valence-electron chi connectivity index (χ1n) is 11.7. The Bertz CT molecular complexity index is 1230. The molecule has 176 valence electrons. The van der Waals surface area contributed by atoms with Crippen molar-refractivity contribution in [3.63, 3.8) is 0 Å². The van der Waals surface area contributed by atoms with E-state index in [1.165, 1.54) is 0 Å². The van der Waals surface area contributed by atoms with Crippen LogP contribution in [0.25, 0.3) is 10.9 Å². The lowest BCUT2D eigenvalue weighted by Gasteiger charge is -2.33. The van der Waals surface area contributed by atoms with Gasteiger partial charge in [0.2, 0.25) is 5.91 Å². The number of likely N-dealkylation sites (tertiary alicyclic amines) is 1. The van der Waals surface area contributed by atoms with Crippen LogP contribution < -0.4 is 10.2 Å². The van der Waals surface area contributed by atoms with Crippen LogP contribution in [0.15, 0.2) is 54.7 Å². The summed E-state index contributed by atoms with van der Waals surface area (Å²) in [7, 11) is 0. The van der Waals surface area contributed by atoms with Crippen molar-refractivity contribution >= 4 is 34.6 Å². The summed E-state index contributed by atoms with van der Waals surface area (Å²) < 4.78 is 7.74. The van der Waals surface area contributed by atoms with Gasteiger partial charge in [-0.1, -0.05) is 36.4 Å². The summed E-state index contributed by atoms with van der Waals surface area (Å²) in [6, 6.07) is 15.7. The number of carbonyl (C=O) groups excluding carboxylic acids is 3. The van der Waals surface area contributed by atoms with Crippen molar-refractivity contribution in [3.8, 4) is 0 Å². The molecule has 1 aromatic heterocycles. The fraction of sp³-hybridized carbons (Fsp3) is 0.346. The van der Waals surface area contributed by atoms with Crippen LogP contribution in [-0.2, 0) is 16.1 Å². The summed E-state index contributed by atoms with van der Waals surface area (Å²) in [5.41, 5.74) is 3.87. The molecule has 4 amide bonds. The van der Waals surface area contributed by atoms with Gasteiger partial charge in [-0.05, 0) is 43.0 Å². The third kappa shape index (κ3) is 4.23. The lowest BCUT2D eigenvalue weighted by Crippen LogP contribution is -2.49. The number of imide groups is 1. The molecule has 3 aromatic rings. The van der Waals surface area contributed by atoms with Crippen LogP contribution in [0.3, 0.4) is 0 Å². The minimum absolute atomic E-state index is 0.238. The smallest absolute Gasteiger partial charge is 0.410 e. The van der Waals surface area contributed by atoms with E-state index in [1.807, 2.05) is 49.4 Å². The van der Waals surface area contributed by atoms with E-state index in [0.29, 0.717) is 26.1 Å². The zero-order chi connectivity index (χ0) is 23.7. The number of aromatic nitrogens is 1. The second kappa shape index (κ2) is 9.21. The highest BCUT2D eigenvalue weighted by atomic mass is 16.6. The van der Waals surface area contributed by atoms with E-state index in [9.17, 15) is 14.4 Å². The van der Waals surface area contributed by atoms with Gasteiger partial charge < -0.3 is 14.2 Å². The number of nitrogens with one attached hydrogen (secondary N) is 1. The predicted octanol–water partition coefficient (Wildman–Crippen LogP) is 4.37. The van der Waals surface area contributed by atoms with E-state index in [0.717, 1.165) is 40.6 Å². The average Bonchev–Trinajstić information content (AvgIpc) is 3.28. The number of aryl methyl sites for hydroxylation is 1. The minimum Gasteiger partial charge on any atom is -0.445 e. The number of ether oxygens (including phenoxy) is 1. The summed E-state index contributed by atoms with van der Waals surface area (Å²) in [5.74, 6) is -0.238. The molecule has 0 saturated carbocycles. The number of rotatable bonds is 4. The second-order valence-corrected chi connectivity index (χ2v) is 8.90. The molecule has 0 atom stereocenters. The van der Waals surface area contributed by atoms with E-state index in [2.05, 4.69) is 22.1 Å². The van der Waals surface area contributed by atoms with Crippen LogP contribution in [0.4, 0.5) is 15.3 Å². The topological polar surface area (TPSA) is 83.9 Å². The normalized spacial score (nSPS) is 17.2. The van der Waals surface area contributed by atoms with Crippen LogP contribution in [0.2, 0.25) is 0 Å². The monoisotopic (exact) mass is 460 g/mol. The summed E-state index contributed by atoms with van der Waals surface area (Å²) in [4.78, 5) is 40.0. The van der Waals surface area contributed by atoms with Crippen LogP contribution in [-0.4, -0.2) is 47.1 Å². The van der Waals surface area contributed by atoms with Gasteiger partial charge in [0.15, 0.2) is 0 Å². The number of hydrogen-bond acceptors (Lipinski definition) is 4. The van der Waals surface area contributed by atoms with Crippen molar-refractivity contribution in [1.29, 1.82) is 0 Å². The average molecular weight is 461 g/mol. The van der Waals surface area contributed by atoms with E-state index in [1.54, 1.807) is 9.80 Å². The van der Waals surface area contributed by atoms with Crippen LogP contribution in [0.1, 0.15) is 36.4 Å². The van der Waals surface area contributed by atoms with Gasteiger partial charge in [-0.3, -0.25) is 15.0 Å². The highest BCUT2D eigenvalue weighted by molar-refractivity contribution is 6.10. The maximum absolute atomic E-state index is 12.5. The molecule has 34 heavy (non-hydrogen) atoms. The molecule has 0 spiro atoms. The first kappa shape index (κ1) is 22.0. The molecule has 0 unspecified atom stereocenters. The van der Waals surface area contributed by atoms with Crippen LogP contribution >= 0.6 is 0 Å². The molecule has 3 heterocycles.